The van der Waals surface area contributed by atoms with Crippen LogP contribution in [0.4, 0.5) is 4.79 Å². The molecule has 2 aliphatic rings. The van der Waals surface area contributed by atoms with E-state index in [1.165, 1.54) is 6.92 Å². The largest absolute Gasteiger partial charge is 0.447 e. The molecule has 0 aliphatic carbocycles. The van der Waals surface area contributed by atoms with Gasteiger partial charge in [0.2, 0.25) is 0 Å². The molecule has 1 atom stereocenters. The zero-order chi connectivity index (χ0) is 13.9. The van der Waals surface area contributed by atoms with E-state index in [1.54, 1.807) is 11.9 Å². The summed E-state index contributed by atoms with van der Waals surface area (Å²) >= 11 is 0. The summed E-state index contributed by atoms with van der Waals surface area (Å²) in [7, 11) is 1.69. The highest BCUT2D eigenvalue weighted by Gasteiger charge is 2.46. The Labute approximate surface area is 113 Å². The van der Waals surface area contributed by atoms with Crippen LogP contribution in [0.5, 0.6) is 0 Å². The fourth-order valence-corrected chi connectivity index (χ4v) is 2.82. The molecule has 1 unspecified atom stereocenters. The van der Waals surface area contributed by atoms with E-state index < -0.39 is 6.04 Å². The molecule has 2 fully saturated rings. The van der Waals surface area contributed by atoms with E-state index in [0.29, 0.717) is 5.41 Å². The first-order valence-corrected chi connectivity index (χ1v) is 6.86. The lowest BCUT2D eigenvalue weighted by Gasteiger charge is -2.51. The van der Waals surface area contributed by atoms with Gasteiger partial charge < -0.3 is 20.3 Å². The first-order chi connectivity index (χ1) is 9.06. The molecule has 0 saturated carbocycles. The minimum Gasteiger partial charge on any atom is -0.447 e. The number of hydrogen-bond donors (Lipinski definition) is 2. The van der Waals surface area contributed by atoms with Crippen molar-refractivity contribution in [2.24, 2.45) is 5.41 Å². The van der Waals surface area contributed by atoms with E-state index in [2.05, 4.69) is 10.6 Å². The Morgan fingerprint density at radius 1 is 1.37 bits per heavy atom. The highest BCUT2D eigenvalue weighted by Crippen LogP contribution is 2.38. The van der Waals surface area contributed by atoms with Crippen LogP contribution in [0.15, 0.2) is 0 Å². The zero-order valence-corrected chi connectivity index (χ0v) is 11.7. The van der Waals surface area contributed by atoms with Gasteiger partial charge in [0.15, 0.2) is 0 Å². The van der Waals surface area contributed by atoms with Crippen molar-refractivity contribution >= 4 is 11.9 Å². The Morgan fingerprint density at radius 3 is 2.53 bits per heavy atom. The summed E-state index contributed by atoms with van der Waals surface area (Å²) in [5.74, 6) is -0.0197. The number of amides is 1. The monoisotopic (exact) mass is 269 g/mol. The first kappa shape index (κ1) is 14.3. The topological polar surface area (TPSA) is 70.7 Å². The van der Waals surface area contributed by atoms with E-state index in [0.717, 1.165) is 39.0 Å². The van der Waals surface area contributed by atoms with E-state index >= 15 is 0 Å². The van der Waals surface area contributed by atoms with Gasteiger partial charge in [-0.05, 0) is 39.9 Å². The SMILES string of the molecule is CNC(COC(=O)N1CC2(CCNCC2)C1)C(C)=O. The number of carbonyl (C=O) groups excluding carboxylic acids is 2. The third-order valence-corrected chi connectivity index (χ3v) is 4.19. The van der Waals surface area contributed by atoms with E-state index in [1.807, 2.05) is 0 Å². The fourth-order valence-electron chi connectivity index (χ4n) is 2.82. The standard InChI is InChI=1S/C13H23N3O3/c1-10(17)11(14-2)7-19-12(18)16-8-13(9-16)3-5-15-6-4-13/h11,14-15H,3-9H2,1-2H3. The Kier molecular flexibility index (Phi) is 4.42. The van der Waals surface area contributed by atoms with Gasteiger partial charge in [0.05, 0.1) is 0 Å². The lowest BCUT2D eigenvalue weighted by atomic mass is 9.73. The summed E-state index contributed by atoms with van der Waals surface area (Å²) in [6.45, 7) is 5.25. The molecule has 0 bridgehead atoms. The number of hydrogen-bond acceptors (Lipinski definition) is 5. The number of likely N-dealkylation sites (N-methyl/N-ethyl adjacent to an activating group) is 1. The molecule has 1 amide bonds. The van der Waals surface area contributed by atoms with Crippen molar-refractivity contribution in [3.8, 4) is 0 Å². The van der Waals surface area contributed by atoms with Crippen LogP contribution in [-0.2, 0) is 9.53 Å². The third kappa shape index (κ3) is 3.25. The van der Waals surface area contributed by atoms with Gasteiger partial charge in [0, 0.05) is 18.5 Å². The van der Waals surface area contributed by atoms with Crippen molar-refractivity contribution in [3.63, 3.8) is 0 Å². The molecular formula is C13H23N3O3. The summed E-state index contributed by atoms with van der Waals surface area (Å²) in [6, 6.07) is -0.405. The van der Waals surface area contributed by atoms with Gasteiger partial charge in [-0.25, -0.2) is 4.79 Å². The Hall–Kier alpha value is -1.14. The number of carbonyl (C=O) groups is 2. The van der Waals surface area contributed by atoms with Gasteiger partial charge >= 0.3 is 6.09 Å². The number of piperidine rings is 1. The molecule has 19 heavy (non-hydrogen) atoms. The van der Waals surface area contributed by atoms with Gasteiger partial charge in [0.1, 0.15) is 18.4 Å². The van der Waals surface area contributed by atoms with Crippen molar-refractivity contribution < 1.29 is 14.3 Å². The van der Waals surface area contributed by atoms with Gasteiger partial charge in [-0.2, -0.15) is 0 Å². The van der Waals surface area contributed by atoms with E-state index in [4.69, 9.17) is 4.74 Å². The molecule has 2 saturated heterocycles. The highest BCUT2D eigenvalue weighted by molar-refractivity contribution is 5.82. The summed E-state index contributed by atoms with van der Waals surface area (Å²) in [4.78, 5) is 24.8. The maximum atomic E-state index is 11.8. The molecule has 2 rings (SSSR count). The lowest BCUT2D eigenvalue weighted by molar-refractivity contribution is -0.120. The Morgan fingerprint density at radius 2 is 2.00 bits per heavy atom. The van der Waals surface area contributed by atoms with Crippen LogP contribution in [0, 0.1) is 5.41 Å². The normalized spacial score (nSPS) is 22.7. The number of likely N-dealkylation sites (tertiary alicyclic amines) is 1. The molecule has 2 heterocycles. The van der Waals surface area contributed by atoms with Crippen molar-refractivity contribution in [2.75, 3.05) is 39.8 Å². The first-order valence-electron chi connectivity index (χ1n) is 6.86. The summed E-state index contributed by atoms with van der Waals surface area (Å²) in [5, 5.41) is 6.17. The molecule has 6 heteroatoms. The molecule has 1 spiro atoms. The maximum Gasteiger partial charge on any atom is 0.409 e. The van der Waals surface area contributed by atoms with Crippen LogP contribution >= 0.6 is 0 Å². The van der Waals surface area contributed by atoms with Crippen LogP contribution < -0.4 is 10.6 Å². The Bertz CT molecular complexity index is 345. The smallest absolute Gasteiger partial charge is 0.409 e. The predicted octanol–water partition coefficient (Wildman–Crippen LogP) is -0.0146. The summed E-state index contributed by atoms with van der Waals surface area (Å²) in [6.07, 6.45) is 1.96. The number of rotatable bonds is 4. The second kappa shape index (κ2) is 5.88. The van der Waals surface area contributed by atoms with Gasteiger partial charge in [-0.1, -0.05) is 0 Å². The van der Waals surface area contributed by atoms with Crippen molar-refractivity contribution in [3.05, 3.63) is 0 Å². The second-order valence-electron chi connectivity index (χ2n) is 5.63. The molecule has 6 nitrogen and oxygen atoms in total. The van der Waals surface area contributed by atoms with E-state index in [-0.39, 0.29) is 18.5 Å². The van der Waals surface area contributed by atoms with Crippen molar-refractivity contribution in [1.29, 1.82) is 0 Å². The minimum absolute atomic E-state index is 0.0197. The molecule has 0 radical (unpaired) electrons. The average Bonchev–Trinajstić information content (AvgIpc) is 2.37. The van der Waals surface area contributed by atoms with E-state index in [9.17, 15) is 9.59 Å². The van der Waals surface area contributed by atoms with Crippen LogP contribution in [0.25, 0.3) is 0 Å². The molecule has 2 N–H and O–H groups in total. The van der Waals surface area contributed by atoms with Crippen LogP contribution in [0.2, 0.25) is 0 Å². The number of nitrogens with zero attached hydrogens (tertiary/aromatic N) is 1. The highest BCUT2D eigenvalue weighted by atomic mass is 16.6. The number of nitrogens with one attached hydrogen (secondary N) is 2. The van der Waals surface area contributed by atoms with Gasteiger partial charge in [-0.15, -0.1) is 0 Å². The molecule has 0 aromatic heterocycles. The van der Waals surface area contributed by atoms with Crippen LogP contribution in [-0.4, -0.2) is 62.7 Å². The quantitative estimate of drug-likeness (QED) is 0.751. The molecule has 108 valence electrons. The maximum absolute atomic E-state index is 11.8. The predicted molar refractivity (Wildman–Crippen MR) is 71.0 cm³/mol. The minimum atomic E-state index is -0.405. The van der Waals surface area contributed by atoms with Gasteiger partial charge in [-0.3, -0.25) is 4.79 Å². The van der Waals surface area contributed by atoms with Crippen molar-refractivity contribution in [1.82, 2.24) is 15.5 Å². The molecule has 2 aliphatic heterocycles. The molecule has 0 aromatic rings. The Balaban J connectivity index is 1.72. The van der Waals surface area contributed by atoms with Crippen LogP contribution in [0.3, 0.4) is 0 Å². The number of ketones is 1. The second-order valence-corrected chi connectivity index (χ2v) is 5.63. The lowest BCUT2D eigenvalue weighted by Crippen LogP contribution is -2.61. The summed E-state index contributed by atoms with van der Waals surface area (Å²) < 4.78 is 5.18. The molecular weight excluding hydrogens is 246 g/mol. The summed E-state index contributed by atoms with van der Waals surface area (Å²) in [5.41, 5.74) is 0.313. The third-order valence-electron chi connectivity index (χ3n) is 4.19. The molecule has 0 aromatic carbocycles. The number of ether oxygens (including phenoxy) is 1. The van der Waals surface area contributed by atoms with Gasteiger partial charge in [0.25, 0.3) is 0 Å². The number of Topliss-reactive ketones (excluding diaryl/α,β-unsaturated/α-hetero) is 1. The zero-order valence-electron chi connectivity index (χ0n) is 11.7. The van der Waals surface area contributed by atoms with Crippen molar-refractivity contribution in [2.45, 2.75) is 25.8 Å². The fraction of sp³-hybridized carbons (Fsp3) is 0.846. The van der Waals surface area contributed by atoms with Crippen LogP contribution in [0.1, 0.15) is 19.8 Å². The average molecular weight is 269 g/mol.